The van der Waals surface area contributed by atoms with E-state index < -0.39 is 23.6 Å². The van der Waals surface area contributed by atoms with Crippen LogP contribution in [0.2, 0.25) is 0 Å². The molecule has 0 unspecified atom stereocenters. The zero-order chi connectivity index (χ0) is 25.8. The highest BCUT2D eigenvalue weighted by atomic mass is 16.2. The molecule has 0 aliphatic rings. The number of hydrogen-bond donors (Lipinski definition) is 6. The fourth-order valence-corrected chi connectivity index (χ4v) is 2.71. The van der Waals surface area contributed by atoms with E-state index >= 15 is 0 Å². The van der Waals surface area contributed by atoms with E-state index in [1.807, 2.05) is 0 Å². The van der Waals surface area contributed by atoms with Crippen LogP contribution in [0.4, 0.5) is 0 Å². The Morgan fingerprint density at radius 2 is 0.743 bits per heavy atom. The van der Waals surface area contributed by atoms with Gasteiger partial charge in [0.1, 0.15) is 0 Å². The summed E-state index contributed by atoms with van der Waals surface area (Å²) in [7, 11) is 0. The van der Waals surface area contributed by atoms with Gasteiger partial charge in [-0.05, 0) is 36.4 Å². The number of carbonyl (C=O) groups is 6. The second-order valence-corrected chi connectivity index (χ2v) is 7.18. The van der Waals surface area contributed by atoms with Crippen LogP contribution in [0, 0.1) is 0 Å². The lowest BCUT2D eigenvalue weighted by atomic mass is 10.1. The van der Waals surface area contributed by atoms with E-state index in [-0.39, 0.29) is 54.1 Å². The van der Waals surface area contributed by atoms with Crippen molar-refractivity contribution in [3.63, 3.8) is 0 Å². The first kappa shape index (κ1) is 26.5. The maximum atomic E-state index is 12.4. The van der Waals surface area contributed by atoms with Gasteiger partial charge in [0, 0.05) is 36.1 Å². The van der Waals surface area contributed by atoms with Gasteiger partial charge >= 0.3 is 0 Å². The van der Waals surface area contributed by atoms with Crippen LogP contribution in [0.15, 0.2) is 48.5 Å². The Kier molecular flexibility index (Phi) is 9.91. The van der Waals surface area contributed by atoms with Crippen LogP contribution in [0.3, 0.4) is 0 Å². The zero-order valence-electron chi connectivity index (χ0n) is 19.2. The highest BCUT2D eigenvalue weighted by Crippen LogP contribution is 2.06. The Bertz CT molecular complexity index is 1050. The summed E-state index contributed by atoms with van der Waals surface area (Å²) in [5, 5.41) is 14.9. The number of amides is 6. The minimum Gasteiger partial charge on any atom is -0.339 e. The molecular weight excluding hydrogens is 456 g/mol. The average molecular weight is 482 g/mol. The van der Waals surface area contributed by atoms with Gasteiger partial charge in [0.15, 0.2) is 0 Å². The number of nitrogens with one attached hydrogen (secondary N) is 6. The fourth-order valence-electron chi connectivity index (χ4n) is 2.71. The van der Waals surface area contributed by atoms with Crippen molar-refractivity contribution in [3.05, 3.63) is 70.8 Å². The van der Waals surface area contributed by atoms with Crippen LogP contribution in [0.5, 0.6) is 0 Å². The summed E-state index contributed by atoms with van der Waals surface area (Å²) in [6.45, 7) is 2.35. The van der Waals surface area contributed by atoms with Crippen LogP contribution in [-0.4, -0.2) is 55.4 Å². The van der Waals surface area contributed by atoms with E-state index in [1.165, 1.54) is 62.4 Å². The van der Waals surface area contributed by atoms with Gasteiger partial charge < -0.3 is 31.9 Å². The Balaban J connectivity index is 1.87. The van der Waals surface area contributed by atoms with Gasteiger partial charge in [-0.1, -0.05) is 12.1 Å². The fraction of sp³-hybridized carbons (Fsp3) is 0.217. The van der Waals surface area contributed by atoms with Crippen molar-refractivity contribution in [1.29, 1.82) is 0 Å². The van der Waals surface area contributed by atoms with E-state index in [0.717, 1.165) is 0 Å². The number of carbonyl (C=O) groups excluding carboxylic acids is 6. The second-order valence-electron chi connectivity index (χ2n) is 7.18. The third-order valence-electron chi connectivity index (χ3n) is 4.44. The first-order valence-electron chi connectivity index (χ1n) is 10.5. The summed E-state index contributed by atoms with van der Waals surface area (Å²) in [6.07, 6.45) is 0. The Morgan fingerprint density at radius 3 is 1.00 bits per heavy atom. The average Bonchev–Trinajstić information content (AvgIpc) is 2.83. The monoisotopic (exact) mass is 482 g/mol. The van der Waals surface area contributed by atoms with Gasteiger partial charge in [0.05, 0.1) is 20.0 Å². The molecule has 184 valence electrons. The van der Waals surface area contributed by atoms with Crippen molar-refractivity contribution in [1.82, 2.24) is 31.9 Å². The van der Waals surface area contributed by atoms with Gasteiger partial charge in [-0.25, -0.2) is 0 Å². The van der Waals surface area contributed by atoms with Crippen LogP contribution in [0.25, 0.3) is 0 Å². The maximum absolute atomic E-state index is 12.4. The predicted molar refractivity (Wildman–Crippen MR) is 125 cm³/mol. The second kappa shape index (κ2) is 13.1. The topological polar surface area (TPSA) is 175 Å². The molecule has 0 fully saturated rings. The molecule has 0 aliphatic heterocycles. The van der Waals surface area contributed by atoms with Crippen molar-refractivity contribution in [2.24, 2.45) is 0 Å². The van der Waals surface area contributed by atoms with Crippen molar-refractivity contribution < 1.29 is 28.8 Å². The lowest BCUT2D eigenvalue weighted by Gasteiger charge is -2.10. The summed E-state index contributed by atoms with van der Waals surface area (Å²) < 4.78 is 0. The molecule has 0 atom stereocenters. The van der Waals surface area contributed by atoms with Gasteiger partial charge in [0.2, 0.25) is 11.8 Å². The molecule has 2 rings (SSSR count). The van der Waals surface area contributed by atoms with Gasteiger partial charge in [-0.3, -0.25) is 28.8 Å². The SMILES string of the molecule is CC(=O)NCNC(=O)c1cccc(C(=O)NCNC(=O)c2cccc(C(=O)NCNC(C)=O)c2)c1. The van der Waals surface area contributed by atoms with Crippen LogP contribution in [0.1, 0.15) is 55.3 Å². The molecule has 12 nitrogen and oxygen atoms in total. The molecule has 12 heteroatoms. The molecule has 6 amide bonds. The van der Waals surface area contributed by atoms with E-state index in [4.69, 9.17) is 0 Å². The lowest BCUT2D eigenvalue weighted by molar-refractivity contribution is -0.119. The third-order valence-corrected chi connectivity index (χ3v) is 4.44. The summed E-state index contributed by atoms with van der Waals surface area (Å²) in [6, 6.07) is 11.9. The van der Waals surface area contributed by atoms with Gasteiger partial charge in [0.25, 0.3) is 23.6 Å². The molecule has 0 heterocycles. The Labute approximate surface area is 201 Å². The highest BCUT2D eigenvalue weighted by molar-refractivity contribution is 6.01. The molecule has 0 saturated heterocycles. The largest absolute Gasteiger partial charge is 0.339 e. The van der Waals surface area contributed by atoms with Crippen molar-refractivity contribution in [2.75, 3.05) is 20.0 Å². The molecule has 6 N–H and O–H groups in total. The molecule has 0 bridgehead atoms. The van der Waals surface area contributed by atoms with E-state index in [1.54, 1.807) is 0 Å². The van der Waals surface area contributed by atoms with Crippen LogP contribution in [-0.2, 0) is 9.59 Å². The lowest BCUT2D eigenvalue weighted by Crippen LogP contribution is -2.38. The molecule has 0 aromatic heterocycles. The van der Waals surface area contributed by atoms with E-state index in [0.29, 0.717) is 0 Å². The van der Waals surface area contributed by atoms with Crippen LogP contribution < -0.4 is 31.9 Å². The minimum atomic E-state index is -0.520. The third kappa shape index (κ3) is 8.96. The summed E-state index contributed by atoms with van der Waals surface area (Å²) in [4.78, 5) is 70.8. The number of hydrogen-bond acceptors (Lipinski definition) is 6. The summed E-state index contributed by atoms with van der Waals surface area (Å²) in [5.41, 5.74) is 0.842. The standard InChI is InChI=1S/C23H26N6O6/c1-14(30)24-11-26-20(32)16-5-3-7-18(9-16)22(34)28-13-29-23(35)19-8-4-6-17(10-19)21(33)27-12-25-15(2)31/h3-10H,11-13H2,1-2H3,(H,24,30)(H,25,31)(H,26,32)(H,27,33)(H,28,34)(H,29,35). The molecule has 0 aliphatic carbocycles. The quantitative estimate of drug-likeness (QED) is 0.248. The normalized spacial score (nSPS) is 9.89. The number of benzene rings is 2. The maximum Gasteiger partial charge on any atom is 0.252 e. The first-order valence-corrected chi connectivity index (χ1v) is 10.5. The Morgan fingerprint density at radius 1 is 0.486 bits per heavy atom. The number of rotatable bonds is 10. The van der Waals surface area contributed by atoms with Gasteiger partial charge in [-0.15, -0.1) is 0 Å². The molecule has 2 aromatic rings. The molecule has 0 spiro atoms. The van der Waals surface area contributed by atoms with Crippen molar-refractivity contribution >= 4 is 35.4 Å². The predicted octanol–water partition coefficient (Wildman–Crippen LogP) is -0.549. The van der Waals surface area contributed by atoms with E-state index in [9.17, 15) is 28.8 Å². The van der Waals surface area contributed by atoms with Gasteiger partial charge in [-0.2, -0.15) is 0 Å². The molecule has 0 radical (unpaired) electrons. The summed E-state index contributed by atoms with van der Waals surface area (Å²) in [5.74, 6) is -2.57. The minimum absolute atomic E-state index is 0.0468. The molecular formula is C23H26N6O6. The highest BCUT2D eigenvalue weighted by Gasteiger charge is 2.13. The molecule has 0 saturated carbocycles. The van der Waals surface area contributed by atoms with Crippen LogP contribution >= 0.6 is 0 Å². The first-order chi connectivity index (χ1) is 16.7. The zero-order valence-corrected chi connectivity index (χ0v) is 19.2. The smallest absolute Gasteiger partial charge is 0.252 e. The van der Waals surface area contributed by atoms with Crippen molar-refractivity contribution in [2.45, 2.75) is 13.8 Å². The van der Waals surface area contributed by atoms with E-state index in [2.05, 4.69) is 31.9 Å². The molecule has 35 heavy (non-hydrogen) atoms. The molecule has 2 aromatic carbocycles. The Hall–Kier alpha value is -4.74. The van der Waals surface area contributed by atoms with Crippen molar-refractivity contribution in [3.8, 4) is 0 Å². The summed E-state index contributed by atoms with van der Waals surface area (Å²) >= 11 is 0.